The molecule has 4 rings (SSSR count). The first-order chi connectivity index (χ1) is 14.4. The second-order valence-electron chi connectivity index (χ2n) is 7.82. The Morgan fingerprint density at radius 1 is 1.10 bits per heavy atom. The van der Waals surface area contributed by atoms with Crippen LogP contribution in [0.5, 0.6) is 11.5 Å². The van der Waals surface area contributed by atoms with Gasteiger partial charge >= 0.3 is 0 Å². The summed E-state index contributed by atoms with van der Waals surface area (Å²) < 4.78 is 24.7. The molecule has 0 radical (unpaired) electrons. The molecule has 30 heavy (non-hydrogen) atoms. The Kier molecular flexibility index (Phi) is 5.37. The van der Waals surface area contributed by atoms with E-state index in [-0.39, 0.29) is 30.6 Å². The smallest absolute Gasteiger partial charge is 0.228 e. The van der Waals surface area contributed by atoms with Crippen molar-refractivity contribution in [3.8, 4) is 11.5 Å². The number of anilines is 1. The molecule has 1 unspecified atom stereocenters. The Hall–Kier alpha value is -3.09. The van der Waals surface area contributed by atoms with Crippen LogP contribution in [0.4, 0.5) is 10.1 Å². The summed E-state index contributed by atoms with van der Waals surface area (Å²) in [6, 6.07) is 8.60. The fourth-order valence-electron chi connectivity index (χ4n) is 4.20. The lowest BCUT2D eigenvalue weighted by Crippen LogP contribution is -2.40. The molecule has 1 saturated heterocycles. The highest BCUT2D eigenvalue weighted by molar-refractivity contribution is 6.00. The van der Waals surface area contributed by atoms with Crippen molar-refractivity contribution in [2.45, 2.75) is 26.3 Å². The highest BCUT2D eigenvalue weighted by Crippen LogP contribution is 2.34. The van der Waals surface area contributed by atoms with Gasteiger partial charge in [-0.05, 0) is 54.3 Å². The zero-order chi connectivity index (χ0) is 21.4. The number of halogens is 1. The molecule has 0 aromatic heterocycles. The first kappa shape index (κ1) is 20.2. The predicted molar refractivity (Wildman–Crippen MR) is 110 cm³/mol. The zero-order valence-corrected chi connectivity index (χ0v) is 17.4. The maximum Gasteiger partial charge on any atom is 0.228 e. The van der Waals surface area contributed by atoms with Gasteiger partial charge in [0.25, 0.3) is 0 Å². The van der Waals surface area contributed by atoms with Gasteiger partial charge in [0.15, 0.2) is 11.5 Å². The number of methoxy groups -OCH3 is 2. The molecule has 0 bridgehead atoms. The van der Waals surface area contributed by atoms with E-state index in [1.807, 2.05) is 12.1 Å². The molecule has 1 fully saturated rings. The Bertz CT molecular complexity index is 1010. The van der Waals surface area contributed by atoms with Crippen molar-refractivity contribution in [1.82, 2.24) is 4.90 Å². The minimum Gasteiger partial charge on any atom is -0.493 e. The predicted octanol–water partition coefficient (Wildman–Crippen LogP) is 3.09. The molecule has 6 nitrogen and oxygen atoms in total. The molecule has 2 aliphatic heterocycles. The van der Waals surface area contributed by atoms with E-state index < -0.39 is 5.92 Å². The van der Waals surface area contributed by atoms with Crippen molar-refractivity contribution < 1.29 is 23.5 Å². The third kappa shape index (κ3) is 3.60. The second-order valence-corrected chi connectivity index (χ2v) is 7.82. The van der Waals surface area contributed by atoms with Crippen molar-refractivity contribution in [3.63, 3.8) is 0 Å². The van der Waals surface area contributed by atoms with Crippen molar-refractivity contribution in [1.29, 1.82) is 0 Å². The molecule has 0 aliphatic carbocycles. The normalized spacial score (nSPS) is 18.4. The molecule has 2 heterocycles. The van der Waals surface area contributed by atoms with Gasteiger partial charge in [0.1, 0.15) is 5.82 Å². The number of nitrogens with zero attached hydrogens (tertiary/aromatic N) is 2. The topological polar surface area (TPSA) is 59.1 Å². The molecule has 158 valence electrons. The number of amides is 2. The van der Waals surface area contributed by atoms with Crippen LogP contribution in [0.1, 0.15) is 23.1 Å². The van der Waals surface area contributed by atoms with Gasteiger partial charge in [0.05, 0.1) is 20.1 Å². The van der Waals surface area contributed by atoms with Crippen LogP contribution < -0.4 is 14.4 Å². The van der Waals surface area contributed by atoms with Crippen LogP contribution in [0.15, 0.2) is 30.3 Å². The summed E-state index contributed by atoms with van der Waals surface area (Å²) in [4.78, 5) is 29.0. The van der Waals surface area contributed by atoms with Gasteiger partial charge in [-0.2, -0.15) is 0 Å². The number of carbonyl (C=O) groups is 2. The number of rotatable bonds is 4. The van der Waals surface area contributed by atoms with Crippen LogP contribution in [-0.2, 0) is 22.6 Å². The lowest BCUT2D eigenvalue weighted by atomic mass is 9.97. The summed E-state index contributed by atoms with van der Waals surface area (Å²) in [5.74, 6) is 0.336. The molecule has 2 amide bonds. The standard InChI is InChI=1S/C23H25FN2O4/c1-14-4-5-18(11-19(14)24)26-13-17(10-22(26)27)23(28)25-7-6-15-8-20(29-2)21(30-3)9-16(15)12-25/h4-5,8-9,11,17H,6-7,10,12-13H2,1-3H3. The average molecular weight is 412 g/mol. The Morgan fingerprint density at radius 2 is 1.80 bits per heavy atom. The van der Waals surface area contributed by atoms with E-state index in [4.69, 9.17) is 9.47 Å². The molecular formula is C23H25FN2O4. The molecule has 1 atom stereocenters. The van der Waals surface area contributed by atoms with E-state index >= 15 is 0 Å². The van der Waals surface area contributed by atoms with E-state index in [2.05, 4.69) is 0 Å². The zero-order valence-electron chi connectivity index (χ0n) is 17.4. The summed E-state index contributed by atoms with van der Waals surface area (Å²) in [5.41, 5.74) is 3.18. The number of hydrogen-bond acceptors (Lipinski definition) is 4. The van der Waals surface area contributed by atoms with Crippen molar-refractivity contribution >= 4 is 17.5 Å². The van der Waals surface area contributed by atoms with Gasteiger partial charge in [0.2, 0.25) is 11.8 Å². The van der Waals surface area contributed by atoms with E-state index in [9.17, 15) is 14.0 Å². The monoisotopic (exact) mass is 412 g/mol. The highest BCUT2D eigenvalue weighted by Gasteiger charge is 2.38. The average Bonchev–Trinajstić information content (AvgIpc) is 3.15. The number of fused-ring (bicyclic) bond motifs is 1. The van der Waals surface area contributed by atoms with Crippen LogP contribution >= 0.6 is 0 Å². The van der Waals surface area contributed by atoms with Crippen molar-refractivity contribution in [2.75, 3.05) is 32.2 Å². The fraction of sp³-hybridized carbons (Fsp3) is 0.391. The van der Waals surface area contributed by atoms with Gasteiger partial charge in [-0.15, -0.1) is 0 Å². The third-order valence-corrected chi connectivity index (χ3v) is 5.97. The van der Waals surface area contributed by atoms with Gasteiger partial charge in [-0.3, -0.25) is 9.59 Å². The van der Waals surface area contributed by atoms with Gasteiger partial charge in [-0.1, -0.05) is 6.07 Å². The second kappa shape index (κ2) is 7.97. The fourth-order valence-corrected chi connectivity index (χ4v) is 4.20. The number of carbonyl (C=O) groups excluding carboxylic acids is 2. The van der Waals surface area contributed by atoms with E-state index in [1.165, 1.54) is 11.0 Å². The minimum absolute atomic E-state index is 0.0427. The minimum atomic E-state index is -0.427. The first-order valence-corrected chi connectivity index (χ1v) is 10.0. The number of hydrogen-bond donors (Lipinski definition) is 0. The highest BCUT2D eigenvalue weighted by atomic mass is 19.1. The maximum atomic E-state index is 13.9. The lowest BCUT2D eigenvalue weighted by molar-refractivity contribution is -0.136. The summed E-state index contributed by atoms with van der Waals surface area (Å²) in [6.45, 7) is 3.01. The van der Waals surface area contributed by atoms with E-state index in [1.54, 1.807) is 38.2 Å². The van der Waals surface area contributed by atoms with Crippen molar-refractivity contribution in [3.05, 3.63) is 52.8 Å². The molecular weight excluding hydrogens is 387 g/mol. The summed E-state index contributed by atoms with van der Waals surface area (Å²) in [6.07, 6.45) is 0.860. The van der Waals surface area contributed by atoms with Gasteiger partial charge < -0.3 is 19.3 Å². The first-order valence-electron chi connectivity index (χ1n) is 10.0. The molecule has 2 aromatic carbocycles. The van der Waals surface area contributed by atoms with E-state index in [0.29, 0.717) is 35.8 Å². The number of benzene rings is 2. The lowest BCUT2D eigenvalue weighted by Gasteiger charge is -2.31. The molecule has 7 heteroatoms. The molecule has 0 spiro atoms. The SMILES string of the molecule is COc1cc2c(cc1OC)CN(C(=O)C1CC(=O)N(c3ccc(C)c(F)c3)C1)CC2. The third-order valence-electron chi connectivity index (χ3n) is 5.97. The van der Waals surface area contributed by atoms with Crippen LogP contribution in [0, 0.1) is 18.7 Å². The van der Waals surface area contributed by atoms with Gasteiger partial charge in [0, 0.05) is 31.7 Å². The summed E-state index contributed by atoms with van der Waals surface area (Å²) in [5, 5.41) is 0. The Morgan fingerprint density at radius 3 is 2.47 bits per heavy atom. The van der Waals surface area contributed by atoms with Crippen LogP contribution in [0.25, 0.3) is 0 Å². The maximum absolute atomic E-state index is 13.9. The Balaban J connectivity index is 1.49. The number of aryl methyl sites for hydroxylation is 1. The summed E-state index contributed by atoms with van der Waals surface area (Å²) >= 11 is 0. The van der Waals surface area contributed by atoms with Crippen LogP contribution in [0.3, 0.4) is 0 Å². The van der Waals surface area contributed by atoms with Crippen LogP contribution in [0.2, 0.25) is 0 Å². The largest absolute Gasteiger partial charge is 0.493 e. The molecule has 0 N–H and O–H groups in total. The van der Waals surface area contributed by atoms with Gasteiger partial charge in [-0.25, -0.2) is 4.39 Å². The number of ether oxygens (including phenoxy) is 2. The Labute approximate surface area is 175 Å². The van der Waals surface area contributed by atoms with Crippen molar-refractivity contribution in [2.24, 2.45) is 5.92 Å². The molecule has 2 aliphatic rings. The van der Waals surface area contributed by atoms with E-state index in [0.717, 1.165) is 17.5 Å². The van der Waals surface area contributed by atoms with Crippen LogP contribution in [-0.4, -0.2) is 44.0 Å². The molecule has 2 aromatic rings. The summed E-state index contributed by atoms with van der Waals surface area (Å²) in [7, 11) is 3.19. The quantitative estimate of drug-likeness (QED) is 0.775. The molecule has 0 saturated carbocycles.